The number of hydrogen-bond donors (Lipinski definition) is 1. The van der Waals surface area contributed by atoms with Crippen molar-refractivity contribution in [3.63, 3.8) is 0 Å². The molecule has 1 unspecified atom stereocenters. The number of unbranched alkanes of at least 4 members (excludes halogenated alkanes) is 1. The summed E-state index contributed by atoms with van der Waals surface area (Å²) in [5.41, 5.74) is 1.26. The molecule has 1 aromatic rings. The van der Waals surface area contributed by atoms with Crippen molar-refractivity contribution in [1.29, 1.82) is 0 Å². The predicted octanol–water partition coefficient (Wildman–Crippen LogP) is 3.76. The Balaban J connectivity index is 1.78. The first-order valence-electron chi connectivity index (χ1n) is 7.92. The second kappa shape index (κ2) is 8.15. The molecule has 20 heavy (non-hydrogen) atoms. The Morgan fingerprint density at radius 1 is 1.15 bits per heavy atom. The lowest BCUT2D eigenvalue weighted by Gasteiger charge is -2.19. The maximum absolute atomic E-state index is 5.61. The summed E-state index contributed by atoms with van der Waals surface area (Å²) < 4.78 is 11.2. The van der Waals surface area contributed by atoms with Crippen LogP contribution in [-0.4, -0.2) is 19.8 Å². The quantitative estimate of drug-likeness (QED) is 0.784. The second-order valence-electron chi connectivity index (χ2n) is 5.53. The van der Waals surface area contributed by atoms with Crippen LogP contribution in [0.1, 0.15) is 45.1 Å². The van der Waals surface area contributed by atoms with Crippen molar-refractivity contribution >= 4 is 0 Å². The van der Waals surface area contributed by atoms with Crippen molar-refractivity contribution in [3.05, 3.63) is 23.8 Å². The Kier molecular flexibility index (Phi) is 6.19. The smallest absolute Gasteiger partial charge is 0.161 e. The van der Waals surface area contributed by atoms with Crippen molar-refractivity contribution in [2.45, 2.75) is 46.1 Å². The van der Waals surface area contributed by atoms with Gasteiger partial charge in [0.25, 0.3) is 0 Å². The zero-order chi connectivity index (χ0) is 14.2. The average molecular weight is 277 g/mol. The largest absolute Gasteiger partial charge is 0.486 e. The predicted molar refractivity (Wildman–Crippen MR) is 82.4 cm³/mol. The highest BCUT2D eigenvalue weighted by Gasteiger charge is 2.11. The summed E-state index contributed by atoms with van der Waals surface area (Å²) in [6, 6.07) is 6.22. The first-order chi connectivity index (χ1) is 9.83. The van der Waals surface area contributed by atoms with Gasteiger partial charge in [-0.3, -0.25) is 0 Å². The van der Waals surface area contributed by atoms with Crippen LogP contribution in [0.2, 0.25) is 0 Å². The summed E-state index contributed by atoms with van der Waals surface area (Å²) in [5.74, 6) is 2.55. The van der Waals surface area contributed by atoms with E-state index in [4.69, 9.17) is 9.47 Å². The van der Waals surface area contributed by atoms with Crippen LogP contribution in [0, 0.1) is 5.92 Å². The Bertz CT molecular complexity index is 406. The van der Waals surface area contributed by atoms with Crippen LogP contribution in [0.25, 0.3) is 0 Å². The molecule has 1 aliphatic rings. The molecule has 0 bridgehead atoms. The molecule has 3 heteroatoms. The molecule has 1 aromatic carbocycles. The molecule has 0 fully saturated rings. The molecule has 0 radical (unpaired) electrons. The summed E-state index contributed by atoms with van der Waals surface area (Å²) in [6.07, 6.45) is 5.22. The maximum atomic E-state index is 5.61. The zero-order valence-corrected chi connectivity index (χ0v) is 12.8. The highest BCUT2D eigenvalue weighted by Crippen LogP contribution is 2.30. The van der Waals surface area contributed by atoms with Crippen LogP contribution < -0.4 is 14.8 Å². The van der Waals surface area contributed by atoms with E-state index in [0.29, 0.717) is 13.2 Å². The standard InChI is InChI=1S/C17H27NO2/c1-3-5-6-14(4-2)12-18-13-15-7-8-16-17(11-15)20-10-9-19-16/h7-8,11,14,18H,3-6,9-10,12-13H2,1-2H3. The molecule has 1 atom stereocenters. The number of fused-ring (bicyclic) bond motifs is 1. The number of rotatable bonds is 8. The number of ether oxygens (including phenoxy) is 2. The van der Waals surface area contributed by atoms with Crippen LogP contribution in [0.3, 0.4) is 0 Å². The minimum absolute atomic E-state index is 0.652. The third-order valence-corrected chi connectivity index (χ3v) is 3.91. The molecule has 1 heterocycles. The van der Waals surface area contributed by atoms with Gasteiger partial charge in [-0.25, -0.2) is 0 Å². The van der Waals surface area contributed by atoms with E-state index in [1.54, 1.807) is 0 Å². The van der Waals surface area contributed by atoms with Gasteiger partial charge in [0.15, 0.2) is 11.5 Å². The summed E-state index contributed by atoms with van der Waals surface area (Å²) >= 11 is 0. The van der Waals surface area contributed by atoms with Gasteiger partial charge in [-0.05, 0) is 36.6 Å². The van der Waals surface area contributed by atoms with Gasteiger partial charge in [-0.2, -0.15) is 0 Å². The minimum Gasteiger partial charge on any atom is -0.486 e. The maximum Gasteiger partial charge on any atom is 0.161 e. The summed E-state index contributed by atoms with van der Waals surface area (Å²) in [7, 11) is 0. The van der Waals surface area contributed by atoms with Gasteiger partial charge in [0, 0.05) is 6.54 Å². The first kappa shape index (κ1) is 15.2. The topological polar surface area (TPSA) is 30.5 Å². The minimum atomic E-state index is 0.652. The van der Waals surface area contributed by atoms with Gasteiger partial charge in [0.2, 0.25) is 0 Å². The molecule has 0 saturated heterocycles. The second-order valence-corrected chi connectivity index (χ2v) is 5.53. The summed E-state index contributed by atoms with van der Waals surface area (Å²) in [6.45, 7) is 7.85. The lowest BCUT2D eigenvalue weighted by molar-refractivity contribution is 0.171. The lowest BCUT2D eigenvalue weighted by atomic mass is 9.99. The lowest BCUT2D eigenvalue weighted by Crippen LogP contribution is -2.22. The third-order valence-electron chi connectivity index (χ3n) is 3.91. The van der Waals surface area contributed by atoms with Gasteiger partial charge >= 0.3 is 0 Å². The molecule has 1 aliphatic heterocycles. The fourth-order valence-electron chi connectivity index (χ4n) is 2.56. The molecule has 112 valence electrons. The fraction of sp³-hybridized carbons (Fsp3) is 0.647. The third kappa shape index (κ3) is 4.41. The van der Waals surface area contributed by atoms with E-state index in [9.17, 15) is 0 Å². The van der Waals surface area contributed by atoms with Crippen LogP contribution in [0.5, 0.6) is 11.5 Å². The first-order valence-corrected chi connectivity index (χ1v) is 7.92. The molecule has 3 nitrogen and oxygen atoms in total. The molecular formula is C17H27NO2. The van der Waals surface area contributed by atoms with E-state index in [0.717, 1.165) is 30.5 Å². The van der Waals surface area contributed by atoms with Crippen molar-refractivity contribution in [2.75, 3.05) is 19.8 Å². The molecule has 0 aromatic heterocycles. The fourth-order valence-corrected chi connectivity index (χ4v) is 2.56. The van der Waals surface area contributed by atoms with Crippen LogP contribution in [0.15, 0.2) is 18.2 Å². The number of nitrogens with one attached hydrogen (secondary N) is 1. The molecule has 0 amide bonds. The highest BCUT2D eigenvalue weighted by atomic mass is 16.6. The number of benzene rings is 1. The van der Waals surface area contributed by atoms with Crippen LogP contribution >= 0.6 is 0 Å². The molecule has 0 aliphatic carbocycles. The van der Waals surface area contributed by atoms with Crippen molar-refractivity contribution < 1.29 is 9.47 Å². The van der Waals surface area contributed by atoms with Crippen molar-refractivity contribution in [1.82, 2.24) is 5.32 Å². The van der Waals surface area contributed by atoms with E-state index in [-0.39, 0.29) is 0 Å². The Morgan fingerprint density at radius 2 is 1.95 bits per heavy atom. The van der Waals surface area contributed by atoms with E-state index in [1.807, 2.05) is 6.07 Å². The van der Waals surface area contributed by atoms with Crippen LogP contribution in [0.4, 0.5) is 0 Å². The molecule has 0 saturated carbocycles. The Hall–Kier alpha value is -1.22. The van der Waals surface area contributed by atoms with Crippen molar-refractivity contribution in [2.24, 2.45) is 5.92 Å². The van der Waals surface area contributed by atoms with Gasteiger partial charge in [0.1, 0.15) is 13.2 Å². The van der Waals surface area contributed by atoms with Gasteiger partial charge in [-0.1, -0.05) is 39.2 Å². The van der Waals surface area contributed by atoms with Crippen molar-refractivity contribution in [3.8, 4) is 11.5 Å². The normalized spacial score (nSPS) is 15.1. The van der Waals surface area contributed by atoms with E-state index < -0.39 is 0 Å². The van der Waals surface area contributed by atoms with Crippen LogP contribution in [-0.2, 0) is 6.54 Å². The van der Waals surface area contributed by atoms with E-state index in [1.165, 1.54) is 31.2 Å². The van der Waals surface area contributed by atoms with Gasteiger partial charge < -0.3 is 14.8 Å². The van der Waals surface area contributed by atoms with E-state index >= 15 is 0 Å². The monoisotopic (exact) mass is 277 g/mol. The summed E-state index contributed by atoms with van der Waals surface area (Å²) in [4.78, 5) is 0. The SMILES string of the molecule is CCCCC(CC)CNCc1ccc2c(c1)OCCO2. The molecule has 2 rings (SSSR count). The highest BCUT2D eigenvalue weighted by molar-refractivity contribution is 5.43. The summed E-state index contributed by atoms with van der Waals surface area (Å²) in [5, 5.41) is 3.57. The van der Waals surface area contributed by atoms with E-state index in [2.05, 4.69) is 31.3 Å². The average Bonchev–Trinajstić information content (AvgIpc) is 2.50. The van der Waals surface area contributed by atoms with Gasteiger partial charge in [-0.15, -0.1) is 0 Å². The molecule has 0 spiro atoms. The Labute approximate surface area is 122 Å². The van der Waals surface area contributed by atoms with Gasteiger partial charge in [0.05, 0.1) is 0 Å². The number of hydrogen-bond acceptors (Lipinski definition) is 3. The molecule has 1 N–H and O–H groups in total. The molecular weight excluding hydrogens is 250 g/mol. The zero-order valence-electron chi connectivity index (χ0n) is 12.8. The Morgan fingerprint density at radius 3 is 2.70 bits per heavy atom.